The summed E-state index contributed by atoms with van der Waals surface area (Å²) in [6.07, 6.45) is 1.67. The molecule has 4 atom stereocenters. The summed E-state index contributed by atoms with van der Waals surface area (Å²) in [5.41, 5.74) is 10.1. The molecule has 0 spiro atoms. The van der Waals surface area contributed by atoms with E-state index >= 15 is 0 Å². The topological polar surface area (TPSA) is 155 Å². The molecule has 1 aromatic carbocycles. The van der Waals surface area contributed by atoms with Crippen LogP contribution in [0.4, 0.5) is 11.6 Å². The fourth-order valence-corrected chi connectivity index (χ4v) is 4.83. The average molecular weight is 499 g/mol. The van der Waals surface area contributed by atoms with Crippen LogP contribution < -0.4 is 16.2 Å². The lowest BCUT2D eigenvalue weighted by Crippen LogP contribution is -2.35. The van der Waals surface area contributed by atoms with Crippen molar-refractivity contribution in [2.45, 2.75) is 30.0 Å². The van der Waals surface area contributed by atoms with E-state index in [0.29, 0.717) is 33.9 Å². The summed E-state index contributed by atoms with van der Waals surface area (Å²) in [6, 6.07) is 9.10. The molecule has 1 aliphatic heterocycles. The van der Waals surface area contributed by atoms with Crippen LogP contribution in [0.5, 0.6) is 5.75 Å². The maximum absolute atomic E-state index is 11.1. The van der Waals surface area contributed by atoms with E-state index < -0.39 is 23.5 Å². The molecule has 0 amide bonds. The van der Waals surface area contributed by atoms with Crippen LogP contribution in [0.25, 0.3) is 21.9 Å². The second-order valence-corrected chi connectivity index (χ2v) is 9.10. The summed E-state index contributed by atoms with van der Waals surface area (Å²) in [7, 11) is 0. The van der Waals surface area contributed by atoms with Crippen molar-refractivity contribution in [1.29, 1.82) is 0 Å². The smallest absolute Gasteiger partial charge is 0.167 e. The van der Waals surface area contributed by atoms with Crippen LogP contribution in [0.15, 0.2) is 47.3 Å². The van der Waals surface area contributed by atoms with Gasteiger partial charge in [0.25, 0.3) is 0 Å². The van der Waals surface area contributed by atoms with Gasteiger partial charge in [0.2, 0.25) is 0 Å². The molecule has 4 aromatic rings. The maximum atomic E-state index is 11.1. The Labute approximate surface area is 189 Å². The number of nitrogen functional groups attached to an aromatic ring is 2. The van der Waals surface area contributed by atoms with Gasteiger partial charge in [-0.2, -0.15) is 0 Å². The molecular weight excluding hydrogens is 480 g/mol. The van der Waals surface area contributed by atoms with Gasteiger partial charge in [-0.25, -0.2) is 15.0 Å². The molecule has 11 heteroatoms. The SMILES string of the molecule is Nc1nc2cc(OC[C@H]3O[C@@H](n4ccc5c(N)ncnc54)[C@@]4(O)C[C@@]34O)ccc2cc1Br. The van der Waals surface area contributed by atoms with Crippen LogP contribution in [0.2, 0.25) is 0 Å². The Morgan fingerprint density at radius 3 is 2.84 bits per heavy atom. The fraction of sp³-hybridized carbons (Fsp3) is 0.286. The van der Waals surface area contributed by atoms with E-state index in [-0.39, 0.29) is 13.0 Å². The third-order valence-electron chi connectivity index (χ3n) is 6.36. The average Bonchev–Trinajstić information content (AvgIpc) is 3.05. The molecule has 6 rings (SSSR count). The van der Waals surface area contributed by atoms with Crippen molar-refractivity contribution in [3.05, 3.63) is 47.3 Å². The number of hydrogen-bond donors (Lipinski definition) is 4. The molecular formula is C21H19BrN6O4. The zero-order valence-electron chi connectivity index (χ0n) is 16.6. The number of nitrogens with zero attached hydrogens (tertiary/aromatic N) is 4. The molecule has 4 heterocycles. The largest absolute Gasteiger partial charge is 0.491 e. The Hall–Kier alpha value is -2.99. The predicted octanol–water partition coefficient (Wildman–Crippen LogP) is 1.75. The van der Waals surface area contributed by atoms with Crippen molar-refractivity contribution in [2.24, 2.45) is 0 Å². The van der Waals surface area contributed by atoms with Gasteiger partial charge >= 0.3 is 0 Å². The Bertz CT molecular complexity index is 1400. The van der Waals surface area contributed by atoms with Crippen molar-refractivity contribution < 1.29 is 19.7 Å². The first kappa shape index (κ1) is 19.7. The molecule has 164 valence electrons. The minimum Gasteiger partial charge on any atom is -0.491 e. The van der Waals surface area contributed by atoms with Gasteiger partial charge in [-0.1, -0.05) is 0 Å². The van der Waals surface area contributed by atoms with E-state index in [1.807, 2.05) is 12.1 Å². The van der Waals surface area contributed by atoms with Crippen LogP contribution in [0.3, 0.4) is 0 Å². The van der Waals surface area contributed by atoms with Gasteiger partial charge in [0.1, 0.15) is 53.3 Å². The number of aliphatic hydroxyl groups is 2. The van der Waals surface area contributed by atoms with Crippen LogP contribution in [0.1, 0.15) is 12.6 Å². The third kappa shape index (κ3) is 2.65. The number of halogens is 1. The fourth-order valence-electron chi connectivity index (χ4n) is 4.49. The van der Waals surface area contributed by atoms with E-state index in [9.17, 15) is 10.2 Å². The molecule has 3 aromatic heterocycles. The zero-order valence-corrected chi connectivity index (χ0v) is 18.2. The highest BCUT2D eigenvalue weighted by atomic mass is 79.9. The number of pyridine rings is 1. The quantitative estimate of drug-likeness (QED) is 0.329. The Morgan fingerprint density at radius 1 is 1.16 bits per heavy atom. The molecule has 6 N–H and O–H groups in total. The van der Waals surface area contributed by atoms with Crippen LogP contribution in [-0.2, 0) is 4.74 Å². The summed E-state index contributed by atoms with van der Waals surface area (Å²) in [6.45, 7) is 0.0448. The first-order valence-corrected chi connectivity index (χ1v) is 10.8. The third-order valence-corrected chi connectivity index (χ3v) is 7.00. The standard InChI is InChI=1S/C21H19BrN6O4/c22-13-5-10-1-2-11(6-14(10)27-17(13)24)31-7-15-20(29)8-21(20,30)19(32-15)28-4-3-12-16(23)25-9-26-18(12)28/h1-6,9,15,19,29-30H,7-8H2,(H2,24,27)(H2,23,25,26)/t15-,19-,20-,21+/m1/s1. The lowest BCUT2D eigenvalue weighted by Gasteiger charge is -2.22. The molecule has 1 saturated heterocycles. The lowest BCUT2D eigenvalue weighted by molar-refractivity contribution is -0.0904. The second kappa shape index (κ2) is 6.51. The molecule has 2 aliphatic rings. The molecule has 0 bridgehead atoms. The monoisotopic (exact) mass is 498 g/mol. The summed E-state index contributed by atoms with van der Waals surface area (Å²) in [4.78, 5) is 12.6. The number of ether oxygens (including phenoxy) is 2. The first-order valence-electron chi connectivity index (χ1n) is 9.96. The highest BCUT2D eigenvalue weighted by Crippen LogP contribution is 2.63. The molecule has 1 saturated carbocycles. The molecule has 10 nitrogen and oxygen atoms in total. The highest BCUT2D eigenvalue weighted by molar-refractivity contribution is 9.10. The van der Waals surface area contributed by atoms with E-state index in [4.69, 9.17) is 20.9 Å². The molecule has 0 unspecified atom stereocenters. The summed E-state index contributed by atoms with van der Waals surface area (Å²) < 4.78 is 14.4. The predicted molar refractivity (Wildman–Crippen MR) is 120 cm³/mol. The summed E-state index contributed by atoms with van der Waals surface area (Å²) in [5.74, 6) is 1.28. The zero-order chi connectivity index (χ0) is 22.3. The van der Waals surface area contributed by atoms with E-state index in [2.05, 4.69) is 30.9 Å². The van der Waals surface area contributed by atoms with E-state index in [1.165, 1.54) is 6.33 Å². The van der Waals surface area contributed by atoms with Gasteiger partial charge in [0.15, 0.2) is 6.23 Å². The molecule has 32 heavy (non-hydrogen) atoms. The maximum Gasteiger partial charge on any atom is 0.167 e. The Kier molecular flexibility index (Phi) is 4.01. The minimum atomic E-state index is -1.45. The number of rotatable bonds is 4. The Balaban J connectivity index is 1.25. The van der Waals surface area contributed by atoms with Crippen molar-refractivity contribution in [2.75, 3.05) is 18.1 Å². The summed E-state index contributed by atoms with van der Waals surface area (Å²) >= 11 is 3.37. The van der Waals surface area contributed by atoms with Crippen molar-refractivity contribution in [3.8, 4) is 5.75 Å². The number of hydrogen-bond acceptors (Lipinski definition) is 9. The van der Waals surface area contributed by atoms with Crippen LogP contribution >= 0.6 is 15.9 Å². The number of benzene rings is 1. The first-order chi connectivity index (χ1) is 15.3. The van der Waals surface area contributed by atoms with Gasteiger partial charge in [-0.05, 0) is 40.2 Å². The Morgan fingerprint density at radius 2 is 2.00 bits per heavy atom. The van der Waals surface area contributed by atoms with Crippen LogP contribution in [0, 0.1) is 0 Å². The van der Waals surface area contributed by atoms with Gasteiger partial charge in [0, 0.05) is 24.1 Å². The van der Waals surface area contributed by atoms with Gasteiger partial charge in [-0.15, -0.1) is 0 Å². The molecule has 2 fully saturated rings. The van der Waals surface area contributed by atoms with Crippen molar-refractivity contribution >= 4 is 49.5 Å². The van der Waals surface area contributed by atoms with Gasteiger partial charge < -0.3 is 35.7 Å². The number of nitrogens with two attached hydrogens (primary N) is 2. The molecule has 0 radical (unpaired) electrons. The van der Waals surface area contributed by atoms with E-state index in [1.54, 1.807) is 29.0 Å². The van der Waals surface area contributed by atoms with E-state index in [0.717, 1.165) is 9.86 Å². The van der Waals surface area contributed by atoms with Crippen molar-refractivity contribution in [1.82, 2.24) is 19.5 Å². The number of aromatic nitrogens is 4. The van der Waals surface area contributed by atoms with Crippen molar-refractivity contribution in [3.63, 3.8) is 0 Å². The number of fused-ring (bicyclic) bond motifs is 3. The second-order valence-electron chi connectivity index (χ2n) is 8.24. The van der Waals surface area contributed by atoms with Gasteiger partial charge in [0.05, 0.1) is 15.4 Å². The minimum absolute atomic E-state index is 0.0448. The lowest BCUT2D eigenvalue weighted by atomic mass is 10.1. The highest BCUT2D eigenvalue weighted by Gasteiger charge is 2.80. The molecule has 1 aliphatic carbocycles. The van der Waals surface area contributed by atoms with Gasteiger partial charge in [-0.3, -0.25) is 0 Å². The normalized spacial score (nSPS) is 28.8. The number of anilines is 2. The summed E-state index contributed by atoms with van der Waals surface area (Å²) in [5, 5.41) is 23.7. The van der Waals surface area contributed by atoms with Crippen LogP contribution in [-0.4, -0.2) is 53.6 Å².